The third-order valence-corrected chi connectivity index (χ3v) is 4.52. The van der Waals surface area contributed by atoms with Gasteiger partial charge in [0.15, 0.2) is 5.82 Å². The van der Waals surface area contributed by atoms with E-state index in [0.717, 1.165) is 0 Å². The summed E-state index contributed by atoms with van der Waals surface area (Å²) in [7, 11) is 0. The molecule has 2 aromatic heterocycles. The Morgan fingerprint density at radius 3 is 2.80 bits per heavy atom. The molecule has 154 valence electrons. The van der Waals surface area contributed by atoms with Gasteiger partial charge in [-0.3, -0.25) is 9.69 Å². The number of anilines is 2. The Morgan fingerprint density at radius 2 is 2.17 bits per heavy atom. The Hall–Kier alpha value is -4.02. The van der Waals surface area contributed by atoms with Crippen LogP contribution in [0.25, 0.3) is 16.9 Å². The summed E-state index contributed by atoms with van der Waals surface area (Å²) in [5, 5.41) is 6.57. The van der Waals surface area contributed by atoms with Gasteiger partial charge in [-0.05, 0) is 30.3 Å². The molecule has 0 aliphatic carbocycles. The molecular weight excluding hydrogens is 393 g/mol. The number of carbonyl (C=O) groups is 2. The number of carbonyl (C=O) groups excluding carboxylic acids is 2. The van der Waals surface area contributed by atoms with Gasteiger partial charge in [-0.2, -0.15) is 0 Å². The van der Waals surface area contributed by atoms with Crippen LogP contribution < -0.4 is 16.0 Å². The molecule has 0 bridgehead atoms. The average molecular weight is 411 g/mol. The average Bonchev–Trinajstić information content (AvgIpc) is 3.32. The molecule has 1 aliphatic heterocycles. The van der Waals surface area contributed by atoms with Crippen LogP contribution in [-0.2, 0) is 9.53 Å². The van der Waals surface area contributed by atoms with Crippen molar-refractivity contribution < 1.29 is 18.7 Å². The van der Waals surface area contributed by atoms with Crippen LogP contribution in [0, 0.1) is 5.82 Å². The van der Waals surface area contributed by atoms with E-state index in [0.29, 0.717) is 22.6 Å². The van der Waals surface area contributed by atoms with Crippen LogP contribution in [0.2, 0.25) is 0 Å². The highest BCUT2D eigenvalue weighted by molar-refractivity contribution is 5.90. The predicted octanol–water partition coefficient (Wildman–Crippen LogP) is 1.51. The first-order valence-electron chi connectivity index (χ1n) is 9.07. The quantitative estimate of drug-likeness (QED) is 0.651. The van der Waals surface area contributed by atoms with Crippen molar-refractivity contribution in [3.05, 3.63) is 48.7 Å². The zero-order valence-corrected chi connectivity index (χ0v) is 15.9. The number of nitrogens with zero attached hydrogens (tertiary/aromatic N) is 5. The summed E-state index contributed by atoms with van der Waals surface area (Å²) in [4.78, 5) is 32.5. The molecule has 3 N–H and O–H groups in total. The monoisotopic (exact) mass is 411 g/mol. The number of nitrogens with two attached hydrogens (primary N) is 1. The van der Waals surface area contributed by atoms with Gasteiger partial charge < -0.3 is 15.8 Å². The van der Waals surface area contributed by atoms with E-state index in [1.807, 2.05) is 0 Å². The van der Waals surface area contributed by atoms with Crippen molar-refractivity contribution in [3.63, 3.8) is 0 Å². The molecule has 1 aliphatic rings. The molecule has 3 heterocycles. The lowest BCUT2D eigenvalue weighted by molar-refractivity contribution is -0.119. The van der Waals surface area contributed by atoms with E-state index >= 15 is 0 Å². The maximum atomic E-state index is 14.8. The molecule has 4 rings (SSSR count). The number of amides is 2. The molecule has 1 fully saturated rings. The lowest BCUT2D eigenvalue weighted by Gasteiger charge is -2.14. The number of halogens is 1. The SMILES string of the molecule is CC(=O)NC[C@H]1CN(c2ccc(-c3ccc(-n4cnc(N)n4)nc3)c(F)c2)C(=O)O1. The molecule has 1 aromatic carbocycles. The molecule has 0 unspecified atom stereocenters. The Morgan fingerprint density at radius 1 is 1.33 bits per heavy atom. The van der Waals surface area contributed by atoms with Gasteiger partial charge in [0.2, 0.25) is 11.9 Å². The van der Waals surface area contributed by atoms with Gasteiger partial charge in [-0.1, -0.05) is 0 Å². The second-order valence-corrected chi connectivity index (χ2v) is 6.67. The number of pyridine rings is 1. The van der Waals surface area contributed by atoms with E-state index in [2.05, 4.69) is 20.4 Å². The first-order valence-corrected chi connectivity index (χ1v) is 9.07. The Kier molecular flexibility index (Phi) is 5.00. The fourth-order valence-electron chi connectivity index (χ4n) is 3.07. The molecule has 10 nitrogen and oxygen atoms in total. The van der Waals surface area contributed by atoms with Gasteiger partial charge in [0.1, 0.15) is 18.2 Å². The fraction of sp³-hybridized carbons (Fsp3) is 0.211. The highest BCUT2D eigenvalue weighted by Crippen LogP contribution is 2.29. The van der Waals surface area contributed by atoms with Crippen LogP contribution >= 0.6 is 0 Å². The van der Waals surface area contributed by atoms with Crippen LogP contribution in [-0.4, -0.2) is 50.9 Å². The molecule has 1 atom stereocenters. The third kappa shape index (κ3) is 3.90. The normalized spacial score (nSPS) is 15.9. The number of rotatable bonds is 5. The number of nitrogens with one attached hydrogen (secondary N) is 1. The van der Waals surface area contributed by atoms with Crippen LogP contribution in [0.4, 0.5) is 20.8 Å². The summed E-state index contributed by atoms with van der Waals surface area (Å²) in [5.74, 6) is -0.107. The standard InChI is InChI=1S/C19H18FN7O3/c1-11(28)22-8-14-9-26(19(29)30-14)13-3-4-15(16(20)6-13)12-2-5-17(23-7-12)27-10-24-18(21)25-27/h2-7,10,14H,8-9H2,1H3,(H2,21,25)(H,22,28)/t14-/m0/s1. The number of cyclic esters (lactones) is 1. The molecule has 30 heavy (non-hydrogen) atoms. The number of benzene rings is 1. The highest BCUT2D eigenvalue weighted by Gasteiger charge is 2.32. The van der Waals surface area contributed by atoms with Gasteiger partial charge >= 0.3 is 6.09 Å². The van der Waals surface area contributed by atoms with Crippen molar-refractivity contribution in [3.8, 4) is 16.9 Å². The first-order chi connectivity index (χ1) is 14.4. The Labute approximate surface area is 170 Å². The van der Waals surface area contributed by atoms with E-state index < -0.39 is 18.0 Å². The molecule has 0 radical (unpaired) electrons. The van der Waals surface area contributed by atoms with Gasteiger partial charge in [0.05, 0.1) is 18.8 Å². The zero-order chi connectivity index (χ0) is 21.3. The minimum Gasteiger partial charge on any atom is -0.442 e. The summed E-state index contributed by atoms with van der Waals surface area (Å²) in [6, 6.07) is 7.84. The number of nitrogen functional groups attached to an aromatic ring is 1. The Bertz CT molecular complexity index is 1100. The largest absolute Gasteiger partial charge is 0.442 e. The minimum atomic E-state index is -0.587. The maximum Gasteiger partial charge on any atom is 0.414 e. The summed E-state index contributed by atoms with van der Waals surface area (Å²) in [5.41, 5.74) is 6.76. The van der Waals surface area contributed by atoms with Gasteiger partial charge in [-0.25, -0.2) is 23.8 Å². The van der Waals surface area contributed by atoms with E-state index in [1.165, 1.54) is 35.1 Å². The van der Waals surface area contributed by atoms with Gasteiger partial charge in [0.25, 0.3) is 0 Å². The van der Waals surface area contributed by atoms with Crippen LogP contribution in [0.5, 0.6) is 0 Å². The molecule has 3 aromatic rings. The first kappa shape index (κ1) is 19.3. The molecule has 11 heteroatoms. The van der Waals surface area contributed by atoms with E-state index in [-0.39, 0.29) is 24.9 Å². The molecule has 0 spiro atoms. The Balaban J connectivity index is 1.51. The lowest BCUT2D eigenvalue weighted by Crippen LogP contribution is -2.33. The van der Waals surface area contributed by atoms with E-state index in [9.17, 15) is 14.0 Å². The summed E-state index contributed by atoms with van der Waals surface area (Å²) in [6.45, 7) is 1.80. The van der Waals surface area contributed by atoms with Crippen molar-refractivity contribution >= 4 is 23.6 Å². The predicted molar refractivity (Wildman–Crippen MR) is 105 cm³/mol. The topological polar surface area (TPSA) is 128 Å². The van der Waals surface area contributed by atoms with E-state index in [4.69, 9.17) is 10.5 Å². The molecule has 2 amide bonds. The van der Waals surface area contributed by atoms with Crippen molar-refractivity contribution in [2.24, 2.45) is 0 Å². The summed E-state index contributed by atoms with van der Waals surface area (Å²) >= 11 is 0. The number of aromatic nitrogens is 4. The fourth-order valence-corrected chi connectivity index (χ4v) is 3.07. The number of hydrogen-bond acceptors (Lipinski definition) is 7. The van der Waals surface area contributed by atoms with Crippen molar-refractivity contribution in [2.45, 2.75) is 13.0 Å². The van der Waals surface area contributed by atoms with Crippen LogP contribution in [0.3, 0.4) is 0 Å². The third-order valence-electron chi connectivity index (χ3n) is 4.52. The van der Waals surface area contributed by atoms with Crippen molar-refractivity contribution in [1.29, 1.82) is 0 Å². The van der Waals surface area contributed by atoms with Gasteiger partial charge in [0, 0.05) is 24.2 Å². The van der Waals surface area contributed by atoms with Crippen molar-refractivity contribution in [2.75, 3.05) is 23.7 Å². The molecular formula is C19H18FN7O3. The number of ether oxygens (including phenoxy) is 1. The second kappa shape index (κ2) is 7.78. The maximum absolute atomic E-state index is 14.8. The highest BCUT2D eigenvalue weighted by atomic mass is 19.1. The minimum absolute atomic E-state index is 0.127. The second-order valence-electron chi connectivity index (χ2n) is 6.67. The van der Waals surface area contributed by atoms with E-state index in [1.54, 1.807) is 24.3 Å². The van der Waals surface area contributed by atoms with Crippen LogP contribution in [0.15, 0.2) is 42.9 Å². The summed E-state index contributed by atoms with van der Waals surface area (Å²) < 4.78 is 21.4. The smallest absolute Gasteiger partial charge is 0.414 e. The number of hydrogen-bond donors (Lipinski definition) is 2. The zero-order valence-electron chi connectivity index (χ0n) is 15.9. The van der Waals surface area contributed by atoms with Gasteiger partial charge in [-0.15, -0.1) is 5.10 Å². The molecule has 0 saturated carbocycles. The molecule has 1 saturated heterocycles. The van der Waals surface area contributed by atoms with Crippen molar-refractivity contribution in [1.82, 2.24) is 25.1 Å². The summed E-state index contributed by atoms with van der Waals surface area (Å²) in [6.07, 6.45) is 1.86. The van der Waals surface area contributed by atoms with Crippen LogP contribution in [0.1, 0.15) is 6.92 Å². The lowest BCUT2D eigenvalue weighted by atomic mass is 10.1.